The van der Waals surface area contributed by atoms with Crippen molar-refractivity contribution in [3.05, 3.63) is 76.9 Å². The molecule has 1 saturated heterocycles. The first-order chi connectivity index (χ1) is 19.6. The number of nitrogens with zero attached hydrogens (tertiary/aromatic N) is 5. The number of rotatable bonds is 4. The van der Waals surface area contributed by atoms with Crippen molar-refractivity contribution in [2.45, 2.75) is 31.5 Å². The number of alkyl halides is 7. The van der Waals surface area contributed by atoms with Crippen LogP contribution in [0.2, 0.25) is 0 Å². The van der Waals surface area contributed by atoms with E-state index in [-0.39, 0.29) is 23.4 Å². The third-order valence-electron chi connectivity index (χ3n) is 6.82. The van der Waals surface area contributed by atoms with Crippen molar-refractivity contribution >= 4 is 23.1 Å². The Morgan fingerprint density at radius 2 is 1.74 bits per heavy atom. The number of aromatic nitrogens is 4. The molecule has 3 aromatic heterocycles. The first kappa shape index (κ1) is 28.8. The van der Waals surface area contributed by atoms with E-state index in [4.69, 9.17) is 5.73 Å². The van der Waals surface area contributed by atoms with Crippen molar-refractivity contribution in [1.29, 1.82) is 0 Å². The molecule has 0 spiro atoms. The Kier molecular flexibility index (Phi) is 7.02. The molecule has 5 rings (SSSR count). The number of hydrogen-bond acceptors (Lipinski definition) is 6. The summed E-state index contributed by atoms with van der Waals surface area (Å²) < 4.78 is 96.1. The highest BCUT2D eigenvalue weighted by Gasteiger charge is 2.39. The van der Waals surface area contributed by atoms with Gasteiger partial charge in [0, 0.05) is 23.9 Å². The van der Waals surface area contributed by atoms with Gasteiger partial charge in [-0.15, -0.1) is 0 Å². The van der Waals surface area contributed by atoms with Crippen LogP contribution in [0.25, 0.3) is 16.8 Å². The normalized spacial score (nSPS) is 17.6. The maximum Gasteiger partial charge on any atom is 0.418 e. The zero-order valence-corrected chi connectivity index (χ0v) is 21.5. The molecule has 220 valence electrons. The fraction of sp³-hybridized carbons (Fsp3) is 0.269. The van der Waals surface area contributed by atoms with Gasteiger partial charge in [-0.2, -0.15) is 31.4 Å². The van der Waals surface area contributed by atoms with Crippen LogP contribution in [0.4, 0.5) is 36.6 Å². The third-order valence-corrected chi connectivity index (χ3v) is 6.82. The maximum atomic E-state index is 14.9. The molecule has 4 aromatic rings. The van der Waals surface area contributed by atoms with Crippen LogP contribution in [-0.2, 0) is 12.4 Å². The Labute approximate surface area is 232 Å². The molecule has 0 saturated carbocycles. The number of likely N-dealkylation sites (tertiary alicyclic amines) is 1. The number of pyridine rings is 1. The molecule has 0 aliphatic carbocycles. The molecular formula is C26H20F7N7O2. The van der Waals surface area contributed by atoms with E-state index in [0.717, 1.165) is 28.0 Å². The highest BCUT2D eigenvalue weighted by Crippen LogP contribution is 2.39. The van der Waals surface area contributed by atoms with E-state index in [2.05, 4.69) is 20.4 Å². The molecule has 1 aliphatic heterocycles. The molecule has 0 unspecified atom stereocenters. The van der Waals surface area contributed by atoms with Crippen LogP contribution >= 0.6 is 0 Å². The summed E-state index contributed by atoms with van der Waals surface area (Å²) in [6.45, 7) is 0.710. The highest BCUT2D eigenvalue weighted by molar-refractivity contribution is 5.97. The number of carbonyl (C=O) groups excluding carboxylic acids is 2. The SMILES string of the molecule is Cc1ccc(-c2cc(C(F)(F)F)c3c(N)ncnn23)cc1C(=O)N[C@@H]1CN(C(=O)c2cc(C(F)(F)F)ccn2)C[C@@H]1F. The lowest BCUT2D eigenvalue weighted by molar-refractivity contribution is -0.138. The lowest BCUT2D eigenvalue weighted by atomic mass is 10.0. The van der Waals surface area contributed by atoms with Gasteiger partial charge in [0.15, 0.2) is 5.82 Å². The van der Waals surface area contributed by atoms with Gasteiger partial charge in [-0.3, -0.25) is 14.6 Å². The van der Waals surface area contributed by atoms with Crippen molar-refractivity contribution in [2.75, 3.05) is 18.8 Å². The fourth-order valence-corrected chi connectivity index (χ4v) is 4.71. The average molecular weight is 595 g/mol. The molecule has 16 heteroatoms. The minimum Gasteiger partial charge on any atom is -0.382 e. The molecule has 42 heavy (non-hydrogen) atoms. The zero-order valence-electron chi connectivity index (χ0n) is 21.5. The van der Waals surface area contributed by atoms with Gasteiger partial charge in [0.1, 0.15) is 23.7 Å². The molecular weight excluding hydrogens is 575 g/mol. The lowest BCUT2D eigenvalue weighted by Crippen LogP contribution is -2.42. The average Bonchev–Trinajstić information content (AvgIpc) is 3.50. The van der Waals surface area contributed by atoms with Crippen LogP contribution in [0.3, 0.4) is 0 Å². The van der Waals surface area contributed by atoms with Crippen LogP contribution in [0, 0.1) is 6.92 Å². The minimum absolute atomic E-state index is 0.00885. The maximum absolute atomic E-state index is 14.9. The fourth-order valence-electron chi connectivity index (χ4n) is 4.71. The molecule has 3 N–H and O–H groups in total. The summed E-state index contributed by atoms with van der Waals surface area (Å²) in [6.07, 6.45) is -9.44. The van der Waals surface area contributed by atoms with Gasteiger partial charge in [-0.1, -0.05) is 12.1 Å². The molecule has 0 radical (unpaired) electrons. The number of anilines is 1. The van der Waals surface area contributed by atoms with Crippen LogP contribution in [-0.4, -0.2) is 61.6 Å². The summed E-state index contributed by atoms with van der Waals surface area (Å²) in [7, 11) is 0. The van der Waals surface area contributed by atoms with E-state index in [1.807, 2.05) is 0 Å². The van der Waals surface area contributed by atoms with Gasteiger partial charge in [-0.05, 0) is 36.8 Å². The van der Waals surface area contributed by atoms with E-state index < -0.39 is 71.1 Å². The Bertz CT molecular complexity index is 1700. The topological polar surface area (TPSA) is 119 Å². The molecule has 9 nitrogen and oxygen atoms in total. The second-order valence-electron chi connectivity index (χ2n) is 9.61. The number of amides is 2. The Hall–Kier alpha value is -4.76. The predicted molar refractivity (Wildman–Crippen MR) is 134 cm³/mol. The standard InChI is InChI=1S/C26H20F7N7O2/c1-12-2-3-13(20-8-16(26(31,32)33)21-22(34)36-11-37-40(20)21)6-15(12)23(41)38-19-10-39(9-17(19)27)24(42)18-7-14(4-5-35-18)25(28,29)30/h2-8,11,17,19H,9-10H2,1H3,(H,38,41)(H2,34,36,37)/t17-,19+/m0/s1. The van der Waals surface area contributed by atoms with E-state index in [9.17, 15) is 40.3 Å². The summed E-state index contributed by atoms with van der Waals surface area (Å²) in [4.78, 5) is 34.2. The molecule has 2 atom stereocenters. The van der Waals surface area contributed by atoms with Crippen molar-refractivity contribution in [3.8, 4) is 11.3 Å². The number of aryl methyl sites for hydroxylation is 1. The van der Waals surface area contributed by atoms with Crippen LogP contribution < -0.4 is 11.1 Å². The van der Waals surface area contributed by atoms with Gasteiger partial charge in [-0.25, -0.2) is 13.9 Å². The van der Waals surface area contributed by atoms with Crippen LogP contribution in [0.1, 0.15) is 37.5 Å². The number of halogens is 7. The quantitative estimate of drug-likeness (QED) is 0.340. The van der Waals surface area contributed by atoms with Crippen molar-refractivity contribution in [1.82, 2.24) is 29.8 Å². The van der Waals surface area contributed by atoms with E-state index >= 15 is 0 Å². The molecule has 0 bridgehead atoms. The van der Waals surface area contributed by atoms with Crippen LogP contribution in [0.5, 0.6) is 0 Å². The van der Waals surface area contributed by atoms with Gasteiger partial charge in [0.2, 0.25) is 0 Å². The second-order valence-corrected chi connectivity index (χ2v) is 9.61. The van der Waals surface area contributed by atoms with Gasteiger partial charge in [0.25, 0.3) is 11.8 Å². The number of nitrogen functional groups attached to an aromatic ring is 1. The van der Waals surface area contributed by atoms with Gasteiger partial charge >= 0.3 is 12.4 Å². The number of hydrogen-bond donors (Lipinski definition) is 2. The largest absolute Gasteiger partial charge is 0.418 e. The molecule has 2 amide bonds. The van der Waals surface area contributed by atoms with E-state index in [1.54, 1.807) is 6.92 Å². The second kappa shape index (κ2) is 10.3. The summed E-state index contributed by atoms with van der Waals surface area (Å²) in [5, 5.41) is 6.35. The Morgan fingerprint density at radius 3 is 2.43 bits per heavy atom. The van der Waals surface area contributed by atoms with Crippen molar-refractivity contribution in [3.63, 3.8) is 0 Å². The van der Waals surface area contributed by atoms with Gasteiger partial charge in [0.05, 0.1) is 29.4 Å². The van der Waals surface area contributed by atoms with E-state index in [0.29, 0.717) is 17.7 Å². The number of benzene rings is 1. The summed E-state index contributed by atoms with van der Waals surface area (Å²) >= 11 is 0. The van der Waals surface area contributed by atoms with Crippen molar-refractivity contribution in [2.24, 2.45) is 0 Å². The highest BCUT2D eigenvalue weighted by atomic mass is 19.4. The van der Waals surface area contributed by atoms with E-state index in [1.165, 1.54) is 18.2 Å². The summed E-state index contributed by atoms with van der Waals surface area (Å²) in [5.74, 6) is -2.12. The minimum atomic E-state index is -4.78. The first-order valence-electron chi connectivity index (χ1n) is 12.2. The molecule has 1 fully saturated rings. The number of fused-ring (bicyclic) bond motifs is 1. The number of carbonyl (C=O) groups is 2. The Balaban J connectivity index is 1.39. The molecule has 1 aliphatic rings. The zero-order chi connectivity index (χ0) is 30.6. The number of nitrogens with two attached hydrogens (primary N) is 1. The smallest absolute Gasteiger partial charge is 0.382 e. The summed E-state index contributed by atoms with van der Waals surface area (Å²) in [5.41, 5.74) is 3.09. The Morgan fingerprint density at radius 1 is 1.00 bits per heavy atom. The molecule has 1 aromatic carbocycles. The lowest BCUT2D eigenvalue weighted by Gasteiger charge is -2.18. The first-order valence-corrected chi connectivity index (χ1v) is 12.2. The monoisotopic (exact) mass is 595 g/mol. The summed E-state index contributed by atoms with van der Waals surface area (Å²) in [6, 6.07) is 5.13. The van der Waals surface area contributed by atoms with Crippen molar-refractivity contribution < 1.29 is 40.3 Å². The van der Waals surface area contributed by atoms with Gasteiger partial charge < -0.3 is 16.0 Å². The third kappa shape index (κ3) is 5.31. The predicted octanol–water partition coefficient (Wildman–Crippen LogP) is 4.31. The van der Waals surface area contributed by atoms with Crippen LogP contribution in [0.15, 0.2) is 48.9 Å². The molecule has 4 heterocycles. The number of nitrogens with one attached hydrogen (secondary N) is 1.